The van der Waals surface area contributed by atoms with E-state index < -0.39 is 4.92 Å². The number of ether oxygens (including phenoxy) is 1. The zero-order valence-corrected chi connectivity index (χ0v) is 12.0. The molecule has 1 heterocycles. The van der Waals surface area contributed by atoms with Crippen molar-refractivity contribution in [1.29, 1.82) is 0 Å². The predicted octanol–water partition coefficient (Wildman–Crippen LogP) is 2.81. The zero-order valence-electron chi connectivity index (χ0n) is 12.0. The van der Waals surface area contributed by atoms with Crippen molar-refractivity contribution < 1.29 is 9.66 Å². The lowest BCUT2D eigenvalue weighted by Gasteiger charge is -2.18. The van der Waals surface area contributed by atoms with Gasteiger partial charge in [0.1, 0.15) is 12.4 Å². The van der Waals surface area contributed by atoms with E-state index in [1.165, 1.54) is 6.07 Å². The second-order valence-corrected chi connectivity index (χ2v) is 4.64. The van der Waals surface area contributed by atoms with Crippen molar-refractivity contribution in [1.82, 2.24) is 4.98 Å². The molecule has 0 spiro atoms. The van der Waals surface area contributed by atoms with Crippen molar-refractivity contribution in [3.05, 3.63) is 58.3 Å². The van der Waals surface area contributed by atoms with Gasteiger partial charge in [0, 0.05) is 19.3 Å². The maximum Gasteiger partial charge on any atom is 0.311 e. The molecule has 110 valence electrons. The van der Waals surface area contributed by atoms with Crippen LogP contribution >= 0.6 is 0 Å². The Labute approximate surface area is 123 Å². The molecule has 0 amide bonds. The van der Waals surface area contributed by atoms with Gasteiger partial charge in [0.05, 0.1) is 11.5 Å². The average Bonchev–Trinajstić information content (AvgIpc) is 2.49. The second-order valence-electron chi connectivity index (χ2n) is 4.64. The lowest BCUT2D eigenvalue weighted by Crippen LogP contribution is -2.25. The lowest BCUT2D eigenvalue weighted by atomic mass is 10.2. The standard InChI is InChI=1S/C15H17N3O3/c1-12-6-3-4-8-14(12)21-11-10-17(2)15-13(18(19)20)7-5-9-16-15/h3-9H,10-11H2,1-2H3. The van der Waals surface area contributed by atoms with Gasteiger partial charge in [-0.1, -0.05) is 18.2 Å². The van der Waals surface area contributed by atoms with Crippen molar-refractivity contribution in [2.45, 2.75) is 6.92 Å². The van der Waals surface area contributed by atoms with Crippen LogP contribution in [-0.2, 0) is 0 Å². The van der Waals surface area contributed by atoms with Crippen molar-refractivity contribution in [2.24, 2.45) is 0 Å². The minimum Gasteiger partial charge on any atom is -0.491 e. The molecule has 0 bridgehead atoms. The Balaban J connectivity index is 1.98. The quantitative estimate of drug-likeness (QED) is 0.603. The predicted molar refractivity (Wildman–Crippen MR) is 80.8 cm³/mol. The Morgan fingerprint density at radius 3 is 2.76 bits per heavy atom. The van der Waals surface area contributed by atoms with Gasteiger partial charge in [-0.05, 0) is 24.6 Å². The Bertz CT molecular complexity index is 631. The number of aromatic nitrogens is 1. The summed E-state index contributed by atoms with van der Waals surface area (Å²) in [6, 6.07) is 10.7. The fraction of sp³-hybridized carbons (Fsp3) is 0.267. The molecular weight excluding hydrogens is 270 g/mol. The summed E-state index contributed by atoms with van der Waals surface area (Å²) >= 11 is 0. The van der Waals surface area contributed by atoms with Gasteiger partial charge in [-0.25, -0.2) is 4.98 Å². The minimum absolute atomic E-state index is 0.00380. The third-order valence-electron chi connectivity index (χ3n) is 3.10. The fourth-order valence-electron chi connectivity index (χ4n) is 1.94. The molecule has 1 aromatic heterocycles. The molecular formula is C15H17N3O3. The molecule has 6 nitrogen and oxygen atoms in total. The number of aryl methyl sites for hydroxylation is 1. The van der Waals surface area contributed by atoms with Gasteiger partial charge >= 0.3 is 5.69 Å². The first-order chi connectivity index (χ1) is 10.1. The van der Waals surface area contributed by atoms with E-state index in [2.05, 4.69) is 4.98 Å². The molecule has 0 saturated heterocycles. The Kier molecular flexibility index (Phi) is 4.71. The van der Waals surface area contributed by atoms with Crippen LogP contribution in [0, 0.1) is 17.0 Å². The van der Waals surface area contributed by atoms with Gasteiger partial charge in [0.2, 0.25) is 5.82 Å². The van der Waals surface area contributed by atoms with Crippen molar-refractivity contribution in [2.75, 3.05) is 25.1 Å². The molecule has 0 saturated carbocycles. The van der Waals surface area contributed by atoms with Crippen LogP contribution in [0.3, 0.4) is 0 Å². The van der Waals surface area contributed by atoms with Gasteiger partial charge in [0.25, 0.3) is 0 Å². The maximum atomic E-state index is 11.0. The van der Waals surface area contributed by atoms with E-state index in [9.17, 15) is 10.1 Å². The third-order valence-corrected chi connectivity index (χ3v) is 3.10. The normalized spacial score (nSPS) is 10.2. The number of rotatable bonds is 6. The highest BCUT2D eigenvalue weighted by Gasteiger charge is 2.17. The van der Waals surface area contributed by atoms with E-state index >= 15 is 0 Å². The molecule has 0 N–H and O–H groups in total. The number of nitro groups is 1. The number of hydrogen-bond donors (Lipinski definition) is 0. The molecule has 0 unspecified atom stereocenters. The lowest BCUT2D eigenvalue weighted by molar-refractivity contribution is -0.384. The molecule has 0 aliphatic heterocycles. The average molecular weight is 287 g/mol. The number of para-hydroxylation sites is 1. The summed E-state index contributed by atoms with van der Waals surface area (Å²) in [6.07, 6.45) is 1.54. The topological polar surface area (TPSA) is 68.5 Å². The van der Waals surface area contributed by atoms with Gasteiger partial charge in [0.15, 0.2) is 0 Å². The van der Waals surface area contributed by atoms with Crippen LogP contribution in [0.15, 0.2) is 42.6 Å². The van der Waals surface area contributed by atoms with E-state index in [1.807, 2.05) is 31.2 Å². The maximum absolute atomic E-state index is 11.0. The number of benzene rings is 1. The van der Waals surface area contributed by atoms with Crippen LogP contribution in [-0.4, -0.2) is 30.1 Å². The SMILES string of the molecule is Cc1ccccc1OCCN(C)c1ncccc1[N+](=O)[O-]. The molecule has 0 aliphatic rings. The number of hydrogen-bond acceptors (Lipinski definition) is 5. The Hall–Kier alpha value is -2.63. The van der Waals surface area contributed by atoms with Gasteiger partial charge in [-0.15, -0.1) is 0 Å². The van der Waals surface area contributed by atoms with E-state index in [1.54, 1.807) is 24.2 Å². The summed E-state index contributed by atoms with van der Waals surface area (Å²) in [5.74, 6) is 1.16. The number of nitrogens with zero attached hydrogens (tertiary/aromatic N) is 3. The van der Waals surface area contributed by atoms with Crippen molar-refractivity contribution in [3.8, 4) is 5.75 Å². The van der Waals surface area contributed by atoms with Crippen LogP contribution in [0.4, 0.5) is 11.5 Å². The Morgan fingerprint density at radius 1 is 1.29 bits per heavy atom. The van der Waals surface area contributed by atoms with Crippen LogP contribution in [0.1, 0.15) is 5.56 Å². The first-order valence-corrected chi connectivity index (χ1v) is 6.58. The van der Waals surface area contributed by atoms with Gasteiger partial charge in [-0.2, -0.15) is 0 Å². The molecule has 0 radical (unpaired) electrons. The number of anilines is 1. The Morgan fingerprint density at radius 2 is 2.05 bits per heavy atom. The minimum atomic E-state index is -0.430. The molecule has 6 heteroatoms. The summed E-state index contributed by atoms with van der Waals surface area (Å²) in [4.78, 5) is 16.3. The number of likely N-dealkylation sites (N-methyl/N-ethyl adjacent to an activating group) is 1. The van der Waals surface area contributed by atoms with E-state index in [4.69, 9.17) is 4.74 Å². The number of pyridine rings is 1. The smallest absolute Gasteiger partial charge is 0.311 e. The first-order valence-electron chi connectivity index (χ1n) is 6.58. The first kappa shape index (κ1) is 14.8. The van der Waals surface area contributed by atoms with Crippen molar-refractivity contribution >= 4 is 11.5 Å². The summed E-state index contributed by atoms with van der Waals surface area (Å²) in [5.41, 5.74) is 1.06. The molecule has 2 aromatic rings. The van der Waals surface area contributed by atoms with Crippen LogP contribution < -0.4 is 9.64 Å². The van der Waals surface area contributed by atoms with Gasteiger partial charge in [-0.3, -0.25) is 10.1 Å². The van der Waals surface area contributed by atoms with Crippen molar-refractivity contribution in [3.63, 3.8) is 0 Å². The van der Waals surface area contributed by atoms with Crippen LogP contribution in [0.25, 0.3) is 0 Å². The highest BCUT2D eigenvalue weighted by molar-refractivity contribution is 5.56. The largest absolute Gasteiger partial charge is 0.491 e. The molecule has 0 atom stereocenters. The van der Waals surface area contributed by atoms with Crippen LogP contribution in [0.2, 0.25) is 0 Å². The van der Waals surface area contributed by atoms with Gasteiger partial charge < -0.3 is 9.64 Å². The highest BCUT2D eigenvalue weighted by atomic mass is 16.6. The highest BCUT2D eigenvalue weighted by Crippen LogP contribution is 2.23. The second kappa shape index (κ2) is 6.69. The molecule has 0 aliphatic carbocycles. The molecule has 21 heavy (non-hydrogen) atoms. The molecule has 1 aromatic carbocycles. The van der Waals surface area contributed by atoms with Crippen LogP contribution in [0.5, 0.6) is 5.75 Å². The summed E-state index contributed by atoms with van der Waals surface area (Å²) < 4.78 is 5.69. The molecule has 2 rings (SSSR count). The summed E-state index contributed by atoms with van der Waals surface area (Å²) in [7, 11) is 1.76. The zero-order chi connectivity index (χ0) is 15.2. The third kappa shape index (κ3) is 3.68. The van der Waals surface area contributed by atoms with E-state index in [-0.39, 0.29) is 5.69 Å². The molecule has 0 fully saturated rings. The summed E-state index contributed by atoms with van der Waals surface area (Å²) in [5, 5.41) is 11.0. The summed E-state index contributed by atoms with van der Waals surface area (Å²) in [6.45, 7) is 2.91. The van der Waals surface area contributed by atoms with E-state index in [0.29, 0.717) is 19.0 Å². The fourth-order valence-corrected chi connectivity index (χ4v) is 1.94. The van der Waals surface area contributed by atoms with E-state index in [0.717, 1.165) is 11.3 Å². The monoisotopic (exact) mass is 287 g/mol.